The Morgan fingerprint density at radius 2 is 1.86 bits per heavy atom. The number of piperidine rings is 1. The van der Waals surface area contributed by atoms with E-state index in [0.29, 0.717) is 12.6 Å². The van der Waals surface area contributed by atoms with Crippen molar-refractivity contribution in [2.45, 2.75) is 63.6 Å². The number of hydrogen-bond donors (Lipinski definition) is 2. The predicted molar refractivity (Wildman–Crippen MR) is 84.3 cm³/mol. The average Bonchev–Trinajstić information content (AvgIpc) is 2.97. The number of anilines is 1. The summed E-state index contributed by atoms with van der Waals surface area (Å²) in [6.07, 6.45) is 11.8. The molecule has 2 N–H and O–H groups in total. The molecule has 0 bridgehead atoms. The summed E-state index contributed by atoms with van der Waals surface area (Å²) in [5.41, 5.74) is 0. The summed E-state index contributed by atoms with van der Waals surface area (Å²) in [7, 11) is 0. The van der Waals surface area contributed by atoms with Crippen LogP contribution in [-0.4, -0.2) is 45.6 Å². The number of aliphatic hydroxyl groups excluding tert-OH is 1. The largest absolute Gasteiger partial charge is 0.372 e. The van der Waals surface area contributed by atoms with Gasteiger partial charge in [-0.3, -0.25) is 9.58 Å². The molecule has 1 aromatic rings. The lowest BCUT2D eigenvalue weighted by molar-refractivity contribution is 0.119. The molecule has 2 aliphatic rings. The molecule has 0 aromatic carbocycles. The molecule has 1 aliphatic heterocycles. The lowest BCUT2D eigenvalue weighted by atomic mass is 9.96. The van der Waals surface area contributed by atoms with Crippen molar-refractivity contribution in [3.05, 3.63) is 12.3 Å². The molecule has 1 saturated heterocycles. The van der Waals surface area contributed by atoms with E-state index in [-0.39, 0.29) is 0 Å². The molecular formula is C16H28N4O. The van der Waals surface area contributed by atoms with Gasteiger partial charge in [0.15, 0.2) is 0 Å². The van der Waals surface area contributed by atoms with Crippen LogP contribution in [0.5, 0.6) is 0 Å². The molecule has 118 valence electrons. The fourth-order valence-electron chi connectivity index (χ4n) is 3.57. The normalized spacial score (nSPS) is 23.1. The van der Waals surface area contributed by atoms with Crippen molar-refractivity contribution in [3.63, 3.8) is 0 Å². The van der Waals surface area contributed by atoms with E-state index in [1.54, 1.807) is 0 Å². The Morgan fingerprint density at radius 1 is 1.14 bits per heavy atom. The summed E-state index contributed by atoms with van der Waals surface area (Å²) < 4.78 is 2.08. The van der Waals surface area contributed by atoms with E-state index < -0.39 is 6.23 Å². The van der Waals surface area contributed by atoms with Gasteiger partial charge in [0.1, 0.15) is 12.0 Å². The van der Waals surface area contributed by atoms with Crippen molar-refractivity contribution in [1.29, 1.82) is 0 Å². The highest BCUT2D eigenvalue weighted by molar-refractivity contribution is 5.33. The van der Waals surface area contributed by atoms with Crippen LogP contribution in [0.15, 0.2) is 12.3 Å². The quantitative estimate of drug-likeness (QED) is 0.819. The van der Waals surface area contributed by atoms with Gasteiger partial charge < -0.3 is 10.4 Å². The summed E-state index contributed by atoms with van der Waals surface area (Å²) in [4.78, 5) is 2.33. The Bertz CT molecular complexity index is 422. The van der Waals surface area contributed by atoms with Crippen molar-refractivity contribution in [1.82, 2.24) is 14.7 Å². The van der Waals surface area contributed by atoms with E-state index in [0.717, 1.165) is 18.9 Å². The maximum atomic E-state index is 10.2. The van der Waals surface area contributed by atoms with Gasteiger partial charge >= 0.3 is 0 Å². The molecule has 5 nitrogen and oxygen atoms in total. The number of rotatable bonds is 5. The molecule has 2 heterocycles. The molecule has 1 aliphatic carbocycles. The molecule has 2 fully saturated rings. The number of nitrogens with one attached hydrogen (secondary N) is 1. The van der Waals surface area contributed by atoms with E-state index in [2.05, 4.69) is 20.0 Å². The first-order valence-corrected chi connectivity index (χ1v) is 8.53. The van der Waals surface area contributed by atoms with Crippen LogP contribution >= 0.6 is 0 Å². The second kappa shape index (κ2) is 7.27. The number of nitrogens with zero attached hydrogens (tertiary/aromatic N) is 3. The highest BCUT2D eigenvalue weighted by Crippen LogP contribution is 2.27. The molecule has 1 aromatic heterocycles. The first kappa shape index (κ1) is 14.9. The van der Waals surface area contributed by atoms with Gasteiger partial charge in [-0.05, 0) is 38.8 Å². The Hall–Kier alpha value is -1.07. The van der Waals surface area contributed by atoms with E-state index in [1.807, 2.05) is 12.3 Å². The number of likely N-dealkylation sites (tertiary alicyclic amines) is 1. The molecule has 0 spiro atoms. The number of aliphatic hydroxyl groups is 1. The molecular weight excluding hydrogens is 264 g/mol. The van der Waals surface area contributed by atoms with E-state index in [9.17, 15) is 5.11 Å². The third kappa shape index (κ3) is 4.20. The smallest absolute Gasteiger partial charge is 0.150 e. The summed E-state index contributed by atoms with van der Waals surface area (Å²) in [6.45, 7) is 2.90. The van der Waals surface area contributed by atoms with E-state index >= 15 is 0 Å². The molecule has 21 heavy (non-hydrogen) atoms. The zero-order valence-electron chi connectivity index (χ0n) is 12.9. The topological polar surface area (TPSA) is 53.3 Å². The van der Waals surface area contributed by atoms with Crippen LogP contribution < -0.4 is 5.32 Å². The lowest BCUT2D eigenvalue weighted by Gasteiger charge is -2.28. The fourth-order valence-corrected chi connectivity index (χ4v) is 3.57. The van der Waals surface area contributed by atoms with Gasteiger partial charge in [0.2, 0.25) is 0 Å². The minimum atomic E-state index is -0.530. The maximum absolute atomic E-state index is 10.2. The van der Waals surface area contributed by atoms with Gasteiger partial charge in [-0.15, -0.1) is 0 Å². The van der Waals surface area contributed by atoms with Crippen LogP contribution in [0.3, 0.4) is 0 Å². The summed E-state index contributed by atoms with van der Waals surface area (Å²) in [6, 6.07) is 2.53. The van der Waals surface area contributed by atoms with Gasteiger partial charge in [-0.1, -0.05) is 25.7 Å². The van der Waals surface area contributed by atoms with Crippen molar-refractivity contribution in [2.24, 2.45) is 0 Å². The Kier molecular flexibility index (Phi) is 5.14. The van der Waals surface area contributed by atoms with Crippen LogP contribution in [0, 0.1) is 0 Å². The van der Waals surface area contributed by atoms with Crippen LogP contribution in [0.2, 0.25) is 0 Å². The number of β-amino-alcohol motifs (C(OH)–C–C–N with tert-alkyl or cyclic N) is 1. The Morgan fingerprint density at radius 3 is 2.62 bits per heavy atom. The van der Waals surface area contributed by atoms with Gasteiger partial charge in [0.25, 0.3) is 0 Å². The SMILES string of the molecule is OC(CN1CCCCC1)Nc1ccn(C2CCCCC2)n1. The standard InChI is InChI=1S/C16H28N4O/c21-16(13-19-10-5-2-6-11-19)17-15-9-12-20(18-15)14-7-3-1-4-8-14/h9,12,14,16,21H,1-8,10-11,13H2,(H,17,18). The van der Waals surface area contributed by atoms with Crippen molar-refractivity contribution < 1.29 is 5.11 Å². The summed E-state index contributed by atoms with van der Waals surface area (Å²) >= 11 is 0. The van der Waals surface area contributed by atoms with Crippen molar-refractivity contribution >= 4 is 5.82 Å². The fraction of sp³-hybridized carbons (Fsp3) is 0.812. The first-order chi connectivity index (χ1) is 10.3. The van der Waals surface area contributed by atoms with Crippen molar-refractivity contribution in [3.8, 4) is 0 Å². The number of aromatic nitrogens is 2. The van der Waals surface area contributed by atoms with Crippen LogP contribution in [0.25, 0.3) is 0 Å². The molecule has 5 heteroatoms. The van der Waals surface area contributed by atoms with Crippen LogP contribution in [0.4, 0.5) is 5.82 Å². The van der Waals surface area contributed by atoms with Crippen LogP contribution in [-0.2, 0) is 0 Å². The molecule has 0 amide bonds. The van der Waals surface area contributed by atoms with Gasteiger partial charge in [0.05, 0.1) is 6.04 Å². The second-order valence-electron chi connectivity index (χ2n) is 6.49. The molecule has 1 unspecified atom stereocenters. The Labute approximate surface area is 127 Å². The van der Waals surface area contributed by atoms with E-state index in [4.69, 9.17) is 0 Å². The zero-order valence-corrected chi connectivity index (χ0v) is 12.9. The summed E-state index contributed by atoms with van der Waals surface area (Å²) in [5.74, 6) is 0.796. The number of hydrogen-bond acceptors (Lipinski definition) is 4. The monoisotopic (exact) mass is 292 g/mol. The lowest BCUT2D eigenvalue weighted by Crippen LogP contribution is -2.39. The van der Waals surface area contributed by atoms with Gasteiger partial charge in [0, 0.05) is 18.8 Å². The molecule has 0 radical (unpaired) electrons. The molecule has 1 saturated carbocycles. The van der Waals surface area contributed by atoms with Gasteiger partial charge in [-0.2, -0.15) is 5.10 Å². The zero-order chi connectivity index (χ0) is 14.5. The Balaban J connectivity index is 1.49. The van der Waals surface area contributed by atoms with Gasteiger partial charge in [-0.25, -0.2) is 0 Å². The molecule has 3 rings (SSSR count). The van der Waals surface area contributed by atoms with Crippen molar-refractivity contribution in [2.75, 3.05) is 25.0 Å². The average molecular weight is 292 g/mol. The third-order valence-electron chi connectivity index (χ3n) is 4.75. The minimum Gasteiger partial charge on any atom is -0.372 e. The highest BCUT2D eigenvalue weighted by Gasteiger charge is 2.18. The van der Waals surface area contributed by atoms with E-state index in [1.165, 1.54) is 51.4 Å². The maximum Gasteiger partial charge on any atom is 0.150 e. The second-order valence-corrected chi connectivity index (χ2v) is 6.49. The summed E-state index contributed by atoms with van der Waals surface area (Å²) in [5, 5.41) is 17.9. The predicted octanol–water partition coefficient (Wildman–Crippen LogP) is 2.60. The van der Waals surface area contributed by atoms with Crippen LogP contribution in [0.1, 0.15) is 57.4 Å². The first-order valence-electron chi connectivity index (χ1n) is 8.53. The minimum absolute atomic E-state index is 0.530. The third-order valence-corrected chi connectivity index (χ3v) is 4.75. The molecule has 1 atom stereocenters. The highest BCUT2D eigenvalue weighted by atomic mass is 16.3.